The molecular weight excluding hydrogens is 321 g/mol. The summed E-state index contributed by atoms with van der Waals surface area (Å²) in [5.74, 6) is 2.47. The van der Waals surface area contributed by atoms with Gasteiger partial charge < -0.3 is 15.3 Å². The SMILES string of the molecule is OCCc1ncc(Nc2nccc(N3C[C@@H]4CC[C@@H](C4)C3)n2)cc1F. The van der Waals surface area contributed by atoms with E-state index in [0.717, 1.165) is 30.7 Å². The number of aromatic nitrogens is 3. The van der Waals surface area contributed by atoms with Gasteiger partial charge in [-0.15, -0.1) is 0 Å². The Balaban J connectivity index is 1.49. The minimum Gasteiger partial charge on any atom is -0.396 e. The Kier molecular flexibility index (Phi) is 4.48. The van der Waals surface area contributed by atoms with Crippen molar-refractivity contribution in [2.45, 2.75) is 25.7 Å². The number of fused-ring (bicyclic) bond motifs is 2. The lowest BCUT2D eigenvalue weighted by Crippen LogP contribution is -2.36. The monoisotopic (exact) mass is 343 g/mol. The maximum Gasteiger partial charge on any atom is 0.229 e. The molecule has 2 aromatic heterocycles. The van der Waals surface area contributed by atoms with Crippen molar-refractivity contribution in [1.29, 1.82) is 0 Å². The molecule has 2 aliphatic rings. The number of pyridine rings is 1. The van der Waals surface area contributed by atoms with E-state index < -0.39 is 5.82 Å². The molecule has 6 nitrogen and oxygen atoms in total. The number of aliphatic hydroxyl groups excluding tert-OH is 1. The fourth-order valence-corrected chi connectivity index (χ4v) is 3.93. The molecule has 0 spiro atoms. The highest BCUT2D eigenvalue weighted by Gasteiger charge is 2.33. The summed E-state index contributed by atoms with van der Waals surface area (Å²) in [6, 6.07) is 3.29. The first-order chi connectivity index (χ1) is 12.2. The fraction of sp³-hybridized carbons (Fsp3) is 0.500. The molecule has 0 radical (unpaired) electrons. The summed E-state index contributed by atoms with van der Waals surface area (Å²) in [6.45, 7) is 1.98. The van der Waals surface area contributed by atoms with Crippen LogP contribution in [0.25, 0.3) is 0 Å². The summed E-state index contributed by atoms with van der Waals surface area (Å²) in [7, 11) is 0. The molecular formula is C18H22FN5O. The van der Waals surface area contributed by atoms with Gasteiger partial charge in [-0.1, -0.05) is 0 Å². The van der Waals surface area contributed by atoms with E-state index in [1.54, 1.807) is 6.20 Å². The lowest BCUT2D eigenvalue weighted by atomic mass is 9.99. The summed E-state index contributed by atoms with van der Waals surface area (Å²) in [4.78, 5) is 15.2. The summed E-state index contributed by atoms with van der Waals surface area (Å²) in [5.41, 5.74) is 0.751. The lowest BCUT2D eigenvalue weighted by Gasteiger charge is -2.32. The Bertz CT molecular complexity index is 744. The zero-order chi connectivity index (χ0) is 17.2. The molecule has 0 amide bonds. The van der Waals surface area contributed by atoms with Gasteiger partial charge in [0.05, 0.1) is 17.6 Å². The van der Waals surface area contributed by atoms with E-state index in [1.165, 1.54) is 31.5 Å². The first-order valence-corrected chi connectivity index (χ1v) is 8.81. The van der Waals surface area contributed by atoms with Crippen LogP contribution in [0, 0.1) is 17.7 Å². The Labute approximate surface area is 146 Å². The van der Waals surface area contributed by atoms with Gasteiger partial charge in [-0.2, -0.15) is 4.98 Å². The lowest BCUT2D eigenvalue weighted by molar-refractivity contribution is 0.296. The zero-order valence-corrected chi connectivity index (χ0v) is 14.0. The largest absolute Gasteiger partial charge is 0.396 e. The Hall–Kier alpha value is -2.28. The van der Waals surface area contributed by atoms with E-state index in [0.29, 0.717) is 11.6 Å². The Morgan fingerprint density at radius 3 is 2.76 bits per heavy atom. The van der Waals surface area contributed by atoms with E-state index in [2.05, 4.69) is 25.2 Å². The van der Waals surface area contributed by atoms with Crippen molar-refractivity contribution in [2.75, 3.05) is 29.9 Å². The third-order valence-electron chi connectivity index (χ3n) is 5.09. The Morgan fingerprint density at radius 1 is 1.24 bits per heavy atom. The number of piperidine rings is 1. The van der Waals surface area contributed by atoms with Gasteiger partial charge in [0, 0.05) is 38.4 Å². The number of hydrogen-bond donors (Lipinski definition) is 2. The van der Waals surface area contributed by atoms with Crippen molar-refractivity contribution in [1.82, 2.24) is 15.0 Å². The fourth-order valence-electron chi connectivity index (χ4n) is 3.93. The first kappa shape index (κ1) is 16.2. The van der Waals surface area contributed by atoms with Gasteiger partial charge in [0.15, 0.2) is 0 Å². The first-order valence-electron chi connectivity index (χ1n) is 8.81. The molecule has 2 N–H and O–H groups in total. The molecule has 132 valence electrons. The average Bonchev–Trinajstić information content (AvgIpc) is 2.96. The van der Waals surface area contributed by atoms with Gasteiger partial charge in [-0.05, 0) is 37.2 Å². The molecule has 1 saturated heterocycles. The molecule has 4 rings (SSSR count). The van der Waals surface area contributed by atoms with Crippen LogP contribution in [0.2, 0.25) is 0 Å². The number of anilines is 3. The number of aliphatic hydroxyl groups is 1. The smallest absolute Gasteiger partial charge is 0.229 e. The summed E-state index contributed by atoms with van der Waals surface area (Å²) < 4.78 is 13.9. The minimum absolute atomic E-state index is 0.125. The van der Waals surface area contributed by atoms with E-state index in [-0.39, 0.29) is 18.7 Å². The number of halogens is 1. The topological polar surface area (TPSA) is 74.2 Å². The maximum absolute atomic E-state index is 13.9. The molecule has 2 fully saturated rings. The van der Waals surface area contributed by atoms with Crippen molar-refractivity contribution in [2.24, 2.45) is 11.8 Å². The molecule has 2 bridgehead atoms. The second-order valence-corrected chi connectivity index (χ2v) is 6.94. The van der Waals surface area contributed by atoms with Crippen LogP contribution in [0.15, 0.2) is 24.5 Å². The van der Waals surface area contributed by atoms with Gasteiger partial charge >= 0.3 is 0 Å². The van der Waals surface area contributed by atoms with Gasteiger partial charge in [-0.3, -0.25) is 4.98 Å². The highest BCUT2D eigenvalue weighted by Crippen LogP contribution is 2.37. The Morgan fingerprint density at radius 2 is 2.04 bits per heavy atom. The van der Waals surface area contributed by atoms with Crippen LogP contribution >= 0.6 is 0 Å². The number of rotatable bonds is 5. The molecule has 0 aromatic carbocycles. The van der Waals surface area contributed by atoms with Crippen LogP contribution in [0.1, 0.15) is 25.0 Å². The predicted molar refractivity (Wildman–Crippen MR) is 93.3 cm³/mol. The van der Waals surface area contributed by atoms with Crippen molar-refractivity contribution in [3.8, 4) is 0 Å². The zero-order valence-electron chi connectivity index (χ0n) is 14.0. The van der Waals surface area contributed by atoms with Crippen molar-refractivity contribution in [3.05, 3.63) is 36.0 Å². The van der Waals surface area contributed by atoms with E-state index in [9.17, 15) is 4.39 Å². The second kappa shape index (κ2) is 6.92. The van der Waals surface area contributed by atoms with Crippen LogP contribution in [0.4, 0.5) is 21.8 Å². The van der Waals surface area contributed by atoms with Crippen molar-refractivity contribution >= 4 is 17.5 Å². The standard InChI is InChI=1S/C18H22FN5O/c19-15-8-14(9-21-16(15)4-6-25)22-18-20-5-3-17(23-18)24-10-12-1-2-13(7-12)11-24/h3,5,8-9,12-13,25H,1-2,4,6-7,10-11H2,(H,20,22,23)/t12-,13+. The van der Waals surface area contributed by atoms with Crippen LogP contribution in [-0.2, 0) is 6.42 Å². The van der Waals surface area contributed by atoms with E-state index in [1.807, 2.05) is 6.07 Å². The number of nitrogens with one attached hydrogen (secondary N) is 1. The highest BCUT2D eigenvalue weighted by atomic mass is 19.1. The van der Waals surface area contributed by atoms with Crippen LogP contribution in [0.3, 0.4) is 0 Å². The molecule has 2 aromatic rings. The van der Waals surface area contributed by atoms with Crippen LogP contribution in [0.5, 0.6) is 0 Å². The molecule has 1 aliphatic heterocycles. The predicted octanol–water partition coefficient (Wildman–Crippen LogP) is 2.53. The van der Waals surface area contributed by atoms with Gasteiger partial charge in [0.1, 0.15) is 11.6 Å². The molecule has 2 atom stereocenters. The summed E-state index contributed by atoms with van der Waals surface area (Å²) >= 11 is 0. The van der Waals surface area contributed by atoms with Crippen LogP contribution in [-0.4, -0.2) is 39.8 Å². The normalized spacial score (nSPS) is 22.2. The number of nitrogens with zero attached hydrogens (tertiary/aromatic N) is 4. The van der Waals surface area contributed by atoms with E-state index in [4.69, 9.17) is 5.11 Å². The minimum atomic E-state index is -0.442. The third-order valence-corrected chi connectivity index (χ3v) is 5.09. The molecule has 1 aliphatic carbocycles. The highest BCUT2D eigenvalue weighted by molar-refractivity contribution is 5.54. The van der Waals surface area contributed by atoms with E-state index >= 15 is 0 Å². The molecule has 7 heteroatoms. The summed E-state index contributed by atoms with van der Waals surface area (Å²) in [5, 5.41) is 11.9. The third kappa shape index (κ3) is 3.56. The summed E-state index contributed by atoms with van der Waals surface area (Å²) in [6.07, 6.45) is 7.45. The molecule has 0 unspecified atom stereocenters. The molecule has 1 saturated carbocycles. The van der Waals surface area contributed by atoms with Crippen molar-refractivity contribution < 1.29 is 9.50 Å². The second-order valence-electron chi connectivity index (χ2n) is 6.94. The van der Waals surface area contributed by atoms with Gasteiger partial charge in [0.25, 0.3) is 0 Å². The maximum atomic E-state index is 13.9. The van der Waals surface area contributed by atoms with Crippen LogP contribution < -0.4 is 10.2 Å². The molecule has 3 heterocycles. The average molecular weight is 343 g/mol. The number of hydrogen-bond acceptors (Lipinski definition) is 6. The van der Waals surface area contributed by atoms with Crippen molar-refractivity contribution in [3.63, 3.8) is 0 Å². The van der Waals surface area contributed by atoms with Gasteiger partial charge in [-0.25, -0.2) is 9.37 Å². The van der Waals surface area contributed by atoms with Gasteiger partial charge in [0.2, 0.25) is 5.95 Å². The molecule has 25 heavy (non-hydrogen) atoms. The quantitative estimate of drug-likeness (QED) is 0.869.